The van der Waals surface area contributed by atoms with Gasteiger partial charge in [-0.15, -0.1) is 0 Å². The van der Waals surface area contributed by atoms with Gasteiger partial charge in [0.2, 0.25) is 0 Å². The fraction of sp³-hybridized carbons (Fsp3) is 0.222. The van der Waals surface area contributed by atoms with Gasteiger partial charge in [-0.3, -0.25) is 4.79 Å². The number of carbonyl (C=O) groups excluding carboxylic acids is 1. The van der Waals surface area contributed by atoms with Gasteiger partial charge in [0.05, 0.1) is 5.56 Å². The third kappa shape index (κ3) is 4.49. The molecule has 4 aromatic rings. The number of hydrogen-bond donors (Lipinski definition) is 2. The largest absolute Gasteiger partial charge is 0.456 e. The zero-order valence-corrected chi connectivity index (χ0v) is 18.9. The number of hydrogen-bond acceptors (Lipinski definition) is 5. The predicted octanol–water partition coefficient (Wildman–Crippen LogP) is 4.96. The van der Waals surface area contributed by atoms with Crippen LogP contribution in [-0.2, 0) is 7.05 Å². The molecule has 7 nitrogen and oxygen atoms in total. The van der Waals surface area contributed by atoms with E-state index in [1.165, 1.54) is 5.56 Å². The Balaban J connectivity index is 1.30. The molecule has 0 saturated carbocycles. The fourth-order valence-electron chi connectivity index (χ4n) is 4.39. The van der Waals surface area contributed by atoms with Gasteiger partial charge in [-0.2, -0.15) is 5.26 Å². The van der Waals surface area contributed by atoms with E-state index in [9.17, 15) is 10.1 Å². The van der Waals surface area contributed by atoms with Gasteiger partial charge >= 0.3 is 0 Å². The van der Waals surface area contributed by atoms with Crippen LogP contribution < -0.4 is 15.4 Å². The smallest absolute Gasteiger partial charge is 0.256 e. The Hall–Kier alpha value is -4.15. The first-order valence-corrected chi connectivity index (χ1v) is 11.4. The van der Waals surface area contributed by atoms with Crippen LogP contribution in [0.3, 0.4) is 0 Å². The standard InChI is InChI=1S/C27H25N5O2/c1-32-13-9-21-15-25(22(17-28)14-24(21)32)34-23-8-12-30-26(16-23)31-27(33)20-4-2-18(3-5-20)19-6-10-29-11-7-19/h2-5,8-9,12-16,19,29H,6-7,10-11H2,1H3,(H,30,31,33). The summed E-state index contributed by atoms with van der Waals surface area (Å²) in [7, 11) is 1.93. The van der Waals surface area contributed by atoms with Crippen LogP contribution in [0.1, 0.15) is 40.2 Å². The lowest BCUT2D eigenvalue weighted by Crippen LogP contribution is -2.26. The Morgan fingerprint density at radius 3 is 2.71 bits per heavy atom. The molecule has 0 spiro atoms. The van der Waals surface area contributed by atoms with Gasteiger partial charge in [-0.05, 0) is 73.8 Å². The number of carbonyl (C=O) groups is 1. The SMILES string of the molecule is Cn1ccc2cc(Oc3ccnc(NC(=O)c4ccc(C5CCNCC5)cc4)c3)c(C#N)cc21. The van der Waals surface area contributed by atoms with E-state index in [1.807, 2.05) is 60.3 Å². The summed E-state index contributed by atoms with van der Waals surface area (Å²) in [5.41, 5.74) is 3.24. The first-order chi connectivity index (χ1) is 16.6. The summed E-state index contributed by atoms with van der Waals surface area (Å²) in [4.78, 5) is 17.0. The Morgan fingerprint density at radius 2 is 1.94 bits per heavy atom. The van der Waals surface area contributed by atoms with E-state index in [-0.39, 0.29) is 5.91 Å². The molecule has 2 N–H and O–H groups in total. The maximum atomic E-state index is 12.8. The van der Waals surface area contributed by atoms with Crippen LogP contribution in [-0.4, -0.2) is 28.5 Å². The second kappa shape index (κ2) is 9.38. The van der Waals surface area contributed by atoms with Crippen molar-refractivity contribution in [3.63, 3.8) is 0 Å². The van der Waals surface area contributed by atoms with Crippen LogP contribution in [0.25, 0.3) is 10.9 Å². The molecule has 1 aliphatic heterocycles. The predicted molar refractivity (Wildman–Crippen MR) is 131 cm³/mol. The highest BCUT2D eigenvalue weighted by Crippen LogP contribution is 2.31. The number of anilines is 1. The van der Waals surface area contributed by atoms with E-state index in [1.54, 1.807) is 18.3 Å². The Kier molecular flexibility index (Phi) is 5.98. The third-order valence-corrected chi connectivity index (χ3v) is 6.29. The number of pyridine rings is 1. The number of aromatic nitrogens is 2. The van der Waals surface area contributed by atoms with Crippen molar-refractivity contribution in [2.45, 2.75) is 18.8 Å². The van der Waals surface area contributed by atoms with E-state index in [0.29, 0.717) is 34.4 Å². The third-order valence-electron chi connectivity index (χ3n) is 6.29. The summed E-state index contributed by atoms with van der Waals surface area (Å²) in [6.07, 6.45) is 5.74. The van der Waals surface area contributed by atoms with Crippen molar-refractivity contribution in [3.05, 3.63) is 83.7 Å². The fourth-order valence-corrected chi connectivity index (χ4v) is 4.39. The molecular formula is C27H25N5O2. The molecule has 1 saturated heterocycles. The number of amides is 1. The molecule has 7 heteroatoms. The number of fused-ring (bicyclic) bond motifs is 1. The summed E-state index contributed by atoms with van der Waals surface area (Å²) in [6.45, 7) is 2.07. The Bertz CT molecular complexity index is 1380. The minimum absolute atomic E-state index is 0.232. The molecule has 0 radical (unpaired) electrons. The minimum Gasteiger partial charge on any atom is -0.456 e. The summed E-state index contributed by atoms with van der Waals surface area (Å²) in [5, 5.41) is 16.8. The van der Waals surface area contributed by atoms with Gasteiger partial charge in [0, 0.05) is 42.0 Å². The van der Waals surface area contributed by atoms with Gasteiger partial charge in [0.25, 0.3) is 5.91 Å². The van der Waals surface area contributed by atoms with Crippen LogP contribution in [0.15, 0.2) is 67.0 Å². The minimum atomic E-state index is -0.232. The molecule has 3 heterocycles. The topological polar surface area (TPSA) is 92.0 Å². The summed E-state index contributed by atoms with van der Waals surface area (Å²) in [5.74, 6) is 1.63. The molecule has 2 aromatic heterocycles. The normalized spacial score (nSPS) is 14.0. The van der Waals surface area contributed by atoms with Crippen molar-refractivity contribution >= 4 is 22.6 Å². The maximum absolute atomic E-state index is 12.8. The van der Waals surface area contributed by atoms with Crippen LogP contribution >= 0.6 is 0 Å². The molecule has 0 bridgehead atoms. The monoisotopic (exact) mass is 451 g/mol. The highest BCUT2D eigenvalue weighted by Gasteiger charge is 2.16. The van der Waals surface area contributed by atoms with Crippen LogP contribution in [0.2, 0.25) is 0 Å². The number of benzene rings is 2. The molecule has 1 aliphatic rings. The number of rotatable bonds is 5. The molecule has 5 rings (SSSR count). The zero-order chi connectivity index (χ0) is 23.5. The molecule has 0 atom stereocenters. The highest BCUT2D eigenvalue weighted by atomic mass is 16.5. The average molecular weight is 452 g/mol. The first-order valence-electron chi connectivity index (χ1n) is 11.4. The maximum Gasteiger partial charge on any atom is 0.256 e. The lowest BCUT2D eigenvalue weighted by Gasteiger charge is -2.23. The second-order valence-electron chi connectivity index (χ2n) is 8.52. The number of nitrogens with one attached hydrogen (secondary N) is 2. The molecule has 34 heavy (non-hydrogen) atoms. The van der Waals surface area contributed by atoms with Crippen molar-refractivity contribution in [1.82, 2.24) is 14.9 Å². The molecule has 0 aliphatic carbocycles. The van der Waals surface area contributed by atoms with Crippen LogP contribution in [0.4, 0.5) is 5.82 Å². The van der Waals surface area contributed by atoms with E-state index in [0.717, 1.165) is 36.8 Å². The highest BCUT2D eigenvalue weighted by molar-refractivity contribution is 6.03. The number of aryl methyl sites for hydroxylation is 1. The van der Waals surface area contributed by atoms with Gasteiger partial charge in [0.1, 0.15) is 23.4 Å². The average Bonchev–Trinajstić information content (AvgIpc) is 3.23. The van der Waals surface area contributed by atoms with Crippen molar-refractivity contribution in [1.29, 1.82) is 5.26 Å². The lowest BCUT2D eigenvalue weighted by molar-refractivity contribution is 0.102. The van der Waals surface area contributed by atoms with E-state index in [2.05, 4.69) is 21.7 Å². The molecule has 0 unspecified atom stereocenters. The van der Waals surface area contributed by atoms with Gasteiger partial charge in [0.15, 0.2) is 0 Å². The molecular weight excluding hydrogens is 426 g/mol. The molecule has 1 fully saturated rings. The molecule has 2 aromatic carbocycles. The van der Waals surface area contributed by atoms with Gasteiger partial charge in [-0.25, -0.2) is 4.98 Å². The van der Waals surface area contributed by atoms with Gasteiger partial charge in [-0.1, -0.05) is 12.1 Å². The summed E-state index contributed by atoms with van der Waals surface area (Å²) >= 11 is 0. The molecule has 1 amide bonds. The number of ether oxygens (including phenoxy) is 1. The van der Waals surface area contributed by atoms with Crippen molar-refractivity contribution < 1.29 is 9.53 Å². The molecule has 170 valence electrons. The van der Waals surface area contributed by atoms with E-state index >= 15 is 0 Å². The van der Waals surface area contributed by atoms with Crippen molar-refractivity contribution in [2.75, 3.05) is 18.4 Å². The summed E-state index contributed by atoms with van der Waals surface area (Å²) in [6, 6.07) is 19.0. The lowest BCUT2D eigenvalue weighted by atomic mass is 9.90. The Labute approximate surface area is 198 Å². The number of nitrogens with zero attached hydrogens (tertiary/aromatic N) is 3. The number of nitriles is 1. The quantitative estimate of drug-likeness (QED) is 0.448. The Morgan fingerprint density at radius 1 is 1.15 bits per heavy atom. The van der Waals surface area contributed by atoms with Crippen molar-refractivity contribution in [2.24, 2.45) is 7.05 Å². The first kappa shape index (κ1) is 21.7. The number of piperidine rings is 1. The van der Waals surface area contributed by atoms with Crippen molar-refractivity contribution in [3.8, 4) is 17.6 Å². The van der Waals surface area contributed by atoms with E-state index in [4.69, 9.17) is 4.74 Å². The van der Waals surface area contributed by atoms with Crippen LogP contribution in [0, 0.1) is 11.3 Å². The zero-order valence-electron chi connectivity index (χ0n) is 18.9. The van der Waals surface area contributed by atoms with Crippen LogP contribution in [0.5, 0.6) is 11.5 Å². The second-order valence-corrected chi connectivity index (χ2v) is 8.52. The van der Waals surface area contributed by atoms with Gasteiger partial charge < -0.3 is 19.9 Å². The summed E-state index contributed by atoms with van der Waals surface area (Å²) < 4.78 is 7.96. The van der Waals surface area contributed by atoms with E-state index < -0.39 is 0 Å².